The minimum Gasteiger partial charge on any atom is -0.353 e. The van der Waals surface area contributed by atoms with Crippen LogP contribution in [0.3, 0.4) is 0 Å². The lowest BCUT2D eigenvalue weighted by atomic mass is 10.0. The molecule has 1 aromatic rings. The maximum Gasteiger partial charge on any atom is 0.128 e. The summed E-state index contributed by atoms with van der Waals surface area (Å²) in [6.45, 7) is 6.43. The second-order valence-electron chi connectivity index (χ2n) is 5.21. The lowest BCUT2D eigenvalue weighted by Gasteiger charge is -2.28. The molecule has 0 saturated carbocycles. The summed E-state index contributed by atoms with van der Waals surface area (Å²) in [5.41, 5.74) is 6.78. The van der Waals surface area contributed by atoms with Crippen LogP contribution in [0.15, 0.2) is 18.3 Å². The molecule has 0 aromatic carbocycles. The van der Waals surface area contributed by atoms with Crippen molar-refractivity contribution < 1.29 is 0 Å². The quantitative estimate of drug-likeness (QED) is 0.867. The van der Waals surface area contributed by atoms with Crippen molar-refractivity contribution in [1.29, 1.82) is 0 Å². The van der Waals surface area contributed by atoms with Crippen LogP contribution in [0.1, 0.15) is 32.3 Å². The number of rotatable bonds is 4. The Balaban J connectivity index is 2.11. The van der Waals surface area contributed by atoms with Crippen LogP contribution in [0.4, 0.5) is 5.82 Å². The molecule has 0 amide bonds. The predicted molar refractivity (Wildman–Crippen MR) is 72.2 cm³/mol. The minimum absolute atomic E-state index is 0.655. The summed E-state index contributed by atoms with van der Waals surface area (Å²) in [6.07, 6.45) is 5.47. The number of nitrogens with two attached hydrogens (primary N) is 1. The van der Waals surface area contributed by atoms with Gasteiger partial charge in [0.05, 0.1) is 0 Å². The fourth-order valence-corrected chi connectivity index (χ4v) is 2.67. The number of nitrogens with zero attached hydrogens (tertiary/aromatic N) is 2. The molecule has 1 atom stereocenters. The van der Waals surface area contributed by atoms with Gasteiger partial charge in [-0.2, -0.15) is 0 Å². The van der Waals surface area contributed by atoms with Crippen LogP contribution in [-0.2, 0) is 6.42 Å². The average molecular weight is 233 g/mol. The van der Waals surface area contributed by atoms with Gasteiger partial charge >= 0.3 is 0 Å². The lowest BCUT2D eigenvalue weighted by Crippen LogP contribution is -2.33. The molecule has 1 saturated heterocycles. The number of anilines is 1. The number of aromatic nitrogens is 1. The van der Waals surface area contributed by atoms with Crippen molar-refractivity contribution >= 4 is 5.82 Å². The zero-order chi connectivity index (χ0) is 12.3. The zero-order valence-corrected chi connectivity index (χ0v) is 10.9. The van der Waals surface area contributed by atoms with Gasteiger partial charge in [-0.25, -0.2) is 4.98 Å². The summed E-state index contributed by atoms with van der Waals surface area (Å²) in [5.74, 6) is 1.82. The second kappa shape index (κ2) is 5.50. The highest BCUT2D eigenvalue weighted by molar-refractivity contribution is 5.42. The molecule has 2 N–H and O–H groups in total. The molecule has 2 rings (SSSR count). The largest absolute Gasteiger partial charge is 0.353 e. The number of hydrogen-bond acceptors (Lipinski definition) is 3. The SMILES string of the molecule is CC(C)C1CCCN1c1ccc(CCN)cn1. The van der Waals surface area contributed by atoms with Crippen molar-refractivity contribution in [2.45, 2.75) is 39.2 Å². The van der Waals surface area contributed by atoms with E-state index in [0.29, 0.717) is 18.5 Å². The molecule has 0 bridgehead atoms. The van der Waals surface area contributed by atoms with E-state index in [1.165, 1.54) is 18.4 Å². The molecule has 94 valence electrons. The van der Waals surface area contributed by atoms with Crippen LogP contribution in [0.5, 0.6) is 0 Å². The standard InChI is InChI=1S/C14H23N3/c1-11(2)13-4-3-9-17(13)14-6-5-12(7-8-15)10-16-14/h5-6,10-11,13H,3-4,7-9,15H2,1-2H3. The third-order valence-electron chi connectivity index (χ3n) is 3.61. The van der Waals surface area contributed by atoms with Crippen LogP contribution < -0.4 is 10.6 Å². The normalized spacial score (nSPS) is 20.2. The molecular weight excluding hydrogens is 210 g/mol. The molecule has 1 unspecified atom stereocenters. The monoisotopic (exact) mass is 233 g/mol. The molecule has 0 radical (unpaired) electrons. The van der Waals surface area contributed by atoms with E-state index in [-0.39, 0.29) is 0 Å². The molecule has 1 fully saturated rings. The van der Waals surface area contributed by atoms with E-state index in [4.69, 9.17) is 5.73 Å². The molecule has 0 spiro atoms. The third-order valence-corrected chi connectivity index (χ3v) is 3.61. The van der Waals surface area contributed by atoms with Crippen LogP contribution in [0.25, 0.3) is 0 Å². The lowest BCUT2D eigenvalue weighted by molar-refractivity contribution is 0.489. The van der Waals surface area contributed by atoms with E-state index in [1.807, 2.05) is 6.20 Å². The van der Waals surface area contributed by atoms with Crippen molar-refractivity contribution in [3.8, 4) is 0 Å². The van der Waals surface area contributed by atoms with Gasteiger partial charge in [0.15, 0.2) is 0 Å². The van der Waals surface area contributed by atoms with Gasteiger partial charge in [0, 0.05) is 18.8 Å². The summed E-state index contributed by atoms with van der Waals surface area (Å²) in [6, 6.07) is 4.96. The van der Waals surface area contributed by atoms with Crippen molar-refractivity contribution in [2.24, 2.45) is 11.7 Å². The third kappa shape index (κ3) is 2.78. The highest BCUT2D eigenvalue weighted by Crippen LogP contribution is 2.28. The molecule has 3 nitrogen and oxygen atoms in total. The first kappa shape index (κ1) is 12.4. The van der Waals surface area contributed by atoms with Gasteiger partial charge in [-0.05, 0) is 43.4 Å². The van der Waals surface area contributed by atoms with Crippen molar-refractivity contribution in [1.82, 2.24) is 4.98 Å². The highest BCUT2D eigenvalue weighted by atomic mass is 15.2. The Bertz CT molecular complexity index is 345. The van der Waals surface area contributed by atoms with Crippen LogP contribution in [0.2, 0.25) is 0 Å². The molecule has 1 aromatic heterocycles. The Morgan fingerprint density at radius 1 is 1.47 bits per heavy atom. The maximum atomic E-state index is 5.54. The summed E-state index contributed by atoms with van der Waals surface area (Å²) in [5, 5.41) is 0. The molecule has 2 heterocycles. The molecule has 0 aliphatic carbocycles. The van der Waals surface area contributed by atoms with Gasteiger partial charge in [0.1, 0.15) is 5.82 Å². The number of hydrogen-bond donors (Lipinski definition) is 1. The maximum absolute atomic E-state index is 5.54. The summed E-state index contributed by atoms with van der Waals surface area (Å²) >= 11 is 0. The van der Waals surface area contributed by atoms with Crippen LogP contribution in [0, 0.1) is 5.92 Å². The summed E-state index contributed by atoms with van der Waals surface area (Å²) < 4.78 is 0. The Kier molecular flexibility index (Phi) is 4.00. The van der Waals surface area contributed by atoms with Gasteiger partial charge in [0.2, 0.25) is 0 Å². The fourth-order valence-electron chi connectivity index (χ4n) is 2.67. The smallest absolute Gasteiger partial charge is 0.128 e. The Hall–Kier alpha value is -1.09. The first-order valence-electron chi connectivity index (χ1n) is 6.64. The van der Waals surface area contributed by atoms with Gasteiger partial charge in [-0.3, -0.25) is 0 Å². The van der Waals surface area contributed by atoms with Gasteiger partial charge in [-0.1, -0.05) is 19.9 Å². The van der Waals surface area contributed by atoms with Crippen molar-refractivity contribution in [2.75, 3.05) is 18.0 Å². The average Bonchev–Trinajstić information content (AvgIpc) is 2.79. The Morgan fingerprint density at radius 2 is 2.29 bits per heavy atom. The second-order valence-corrected chi connectivity index (χ2v) is 5.21. The van der Waals surface area contributed by atoms with E-state index >= 15 is 0 Å². The fraction of sp³-hybridized carbons (Fsp3) is 0.643. The summed E-state index contributed by atoms with van der Waals surface area (Å²) in [7, 11) is 0. The Labute approximate surface area is 104 Å². The van der Waals surface area contributed by atoms with Gasteiger partial charge in [-0.15, -0.1) is 0 Å². The van der Waals surface area contributed by atoms with Crippen molar-refractivity contribution in [3.05, 3.63) is 23.9 Å². The Morgan fingerprint density at radius 3 is 2.88 bits per heavy atom. The highest BCUT2D eigenvalue weighted by Gasteiger charge is 2.27. The molecule has 1 aliphatic rings. The van der Waals surface area contributed by atoms with Crippen molar-refractivity contribution in [3.63, 3.8) is 0 Å². The van der Waals surface area contributed by atoms with Crippen LogP contribution >= 0.6 is 0 Å². The zero-order valence-electron chi connectivity index (χ0n) is 10.9. The molecule has 3 heteroatoms. The molecule has 1 aliphatic heterocycles. The minimum atomic E-state index is 0.655. The van der Waals surface area contributed by atoms with E-state index in [0.717, 1.165) is 18.8 Å². The predicted octanol–water partition coefficient (Wildman–Crippen LogP) is 2.21. The summed E-state index contributed by atoms with van der Waals surface area (Å²) in [4.78, 5) is 7.04. The van der Waals surface area contributed by atoms with Crippen LogP contribution in [-0.4, -0.2) is 24.1 Å². The molecular formula is C14H23N3. The first-order valence-corrected chi connectivity index (χ1v) is 6.64. The van der Waals surface area contributed by atoms with E-state index < -0.39 is 0 Å². The van der Waals surface area contributed by atoms with Gasteiger partial charge in [0.25, 0.3) is 0 Å². The first-order chi connectivity index (χ1) is 8.22. The topological polar surface area (TPSA) is 42.1 Å². The van der Waals surface area contributed by atoms with E-state index in [1.54, 1.807) is 0 Å². The van der Waals surface area contributed by atoms with Gasteiger partial charge < -0.3 is 10.6 Å². The van der Waals surface area contributed by atoms with E-state index in [9.17, 15) is 0 Å². The number of pyridine rings is 1. The van der Waals surface area contributed by atoms with E-state index in [2.05, 4.69) is 35.9 Å². The molecule has 17 heavy (non-hydrogen) atoms.